The molecule has 0 aromatic carbocycles. The molecule has 62 valence electrons. The van der Waals surface area contributed by atoms with E-state index in [9.17, 15) is 0 Å². The summed E-state index contributed by atoms with van der Waals surface area (Å²) in [6.45, 7) is 5.99. The topological polar surface area (TPSA) is 41.6 Å². The minimum Gasteiger partial charge on any atom is -0.341 e. The van der Waals surface area contributed by atoms with Crippen molar-refractivity contribution in [1.82, 2.24) is 15.0 Å². The molecule has 0 aliphatic rings. The molecule has 0 fully saturated rings. The number of fused-ring (bicyclic) bond motifs is 1. The first kappa shape index (κ1) is 7.28. The molecule has 0 saturated heterocycles. The smallest absolute Gasteiger partial charge is 0.177 e. The third kappa shape index (κ3) is 0.978. The second-order valence-corrected chi connectivity index (χ2v) is 3.08. The third-order valence-electron chi connectivity index (χ3n) is 2.04. The van der Waals surface area contributed by atoms with Crippen LogP contribution in [0.4, 0.5) is 0 Å². The Balaban J connectivity index is 2.83. The van der Waals surface area contributed by atoms with Crippen LogP contribution in [-0.2, 0) is 0 Å². The van der Waals surface area contributed by atoms with Crippen molar-refractivity contribution in [3.05, 3.63) is 23.1 Å². The van der Waals surface area contributed by atoms with E-state index in [1.54, 1.807) is 0 Å². The number of aryl methyl sites for hydroxylation is 3. The summed E-state index contributed by atoms with van der Waals surface area (Å²) >= 11 is 0. The first-order valence-electron chi connectivity index (χ1n) is 3.97. The Morgan fingerprint density at radius 2 is 1.92 bits per heavy atom. The van der Waals surface area contributed by atoms with Crippen LogP contribution in [-0.4, -0.2) is 15.0 Å². The Morgan fingerprint density at radius 3 is 2.67 bits per heavy atom. The van der Waals surface area contributed by atoms with Gasteiger partial charge in [-0.1, -0.05) is 0 Å². The number of rotatable bonds is 0. The lowest BCUT2D eigenvalue weighted by atomic mass is 10.2. The fraction of sp³-hybridized carbons (Fsp3) is 0.333. The van der Waals surface area contributed by atoms with E-state index >= 15 is 0 Å². The molecule has 0 radical (unpaired) electrons. The third-order valence-corrected chi connectivity index (χ3v) is 2.04. The normalized spacial score (nSPS) is 10.9. The molecule has 2 aromatic heterocycles. The molecule has 0 aliphatic heterocycles. The lowest BCUT2D eigenvalue weighted by molar-refractivity contribution is 1.14. The van der Waals surface area contributed by atoms with Gasteiger partial charge in [0.1, 0.15) is 5.82 Å². The molecule has 2 rings (SSSR count). The molecule has 0 aliphatic carbocycles. The molecule has 3 heteroatoms. The van der Waals surface area contributed by atoms with Gasteiger partial charge in [0.2, 0.25) is 0 Å². The van der Waals surface area contributed by atoms with Crippen molar-refractivity contribution in [2.45, 2.75) is 20.8 Å². The van der Waals surface area contributed by atoms with Crippen LogP contribution in [0.3, 0.4) is 0 Å². The average molecular weight is 161 g/mol. The Labute approximate surface area is 70.9 Å². The maximum absolute atomic E-state index is 4.35. The summed E-state index contributed by atoms with van der Waals surface area (Å²) in [7, 11) is 0. The van der Waals surface area contributed by atoms with Gasteiger partial charge in [0.25, 0.3) is 0 Å². The van der Waals surface area contributed by atoms with Crippen LogP contribution in [0.2, 0.25) is 0 Å². The second kappa shape index (κ2) is 2.30. The standard InChI is InChI=1S/C9H11N3/c1-5-4-8-9(10-6(5)2)12-7(3)11-8/h4H,1-3H3,(H,10,11,12). The fourth-order valence-corrected chi connectivity index (χ4v) is 1.25. The van der Waals surface area contributed by atoms with Crippen LogP contribution in [0.15, 0.2) is 6.07 Å². The van der Waals surface area contributed by atoms with Crippen molar-refractivity contribution in [3.63, 3.8) is 0 Å². The van der Waals surface area contributed by atoms with E-state index in [0.717, 1.165) is 22.7 Å². The molecule has 0 bridgehead atoms. The van der Waals surface area contributed by atoms with Crippen LogP contribution in [0.5, 0.6) is 0 Å². The van der Waals surface area contributed by atoms with Crippen LogP contribution >= 0.6 is 0 Å². The molecular weight excluding hydrogens is 150 g/mol. The zero-order valence-electron chi connectivity index (χ0n) is 7.47. The molecule has 0 saturated carbocycles. The SMILES string of the molecule is Cc1nc2nc(C)c(C)cc2[nH]1. The second-order valence-electron chi connectivity index (χ2n) is 3.08. The predicted molar refractivity (Wildman–Crippen MR) is 48.1 cm³/mol. The van der Waals surface area contributed by atoms with Gasteiger partial charge in [0.05, 0.1) is 5.52 Å². The van der Waals surface area contributed by atoms with Crippen LogP contribution < -0.4 is 0 Å². The van der Waals surface area contributed by atoms with Gasteiger partial charge in [0.15, 0.2) is 5.65 Å². The summed E-state index contributed by atoms with van der Waals surface area (Å²) in [5, 5.41) is 0. The molecule has 3 nitrogen and oxygen atoms in total. The average Bonchev–Trinajstić information content (AvgIpc) is 2.30. The Bertz CT molecular complexity index is 390. The van der Waals surface area contributed by atoms with Crippen molar-refractivity contribution in [2.75, 3.05) is 0 Å². The number of H-pyrrole nitrogens is 1. The minimum atomic E-state index is 0.815. The van der Waals surface area contributed by atoms with E-state index in [0.29, 0.717) is 0 Å². The Hall–Kier alpha value is -1.38. The van der Waals surface area contributed by atoms with Crippen molar-refractivity contribution in [3.8, 4) is 0 Å². The first-order chi connectivity index (χ1) is 5.66. The largest absolute Gasteiger partial charge is 0.341 e. The lowest BCUT2D eigenvalue weighted by Gasteiger charge is -1.96. The summed E-state index contributed by atoms with van der Waals surface area (Å²) in [6.07, 6.45) is 0. The number of nitrogens with one attached hydrogen (secondary N) is 1. The minimum absolute atomic E-state index is 0.815. The number of nitrogens with zero attached hydrogens (tertiary/aromatic N) is 2. The molecule has 12 heavy (non-hydrogen) atoms. The number of imidazole rings is 1. The molecule has 0 amide bonds. The number of hydrogen-bond donors (Lipinski definition) is 1. The summed E-state index contributed by atoms with van der Waals surface area (Å²) < 4.78 is 0. The maximum atomic E-state index is 4.35. The maximum Gasteiger partial charge on any atom is 0.177 e. The highest BCUT2D eigenvalue weighted by atomic mass is 15.0. The number of pyridine rings is 1. The van der Waals surface area contributed by atoms with Crippen LogP contribution in [0.25, 0.3) is 11.2 Å². The predicted octanol–water partition coefficient (Wildman–Crippen LogP) is 1.88. The molecule has 1 N–H and O–H groups in total. The molecule has 2 heterocycles. The quantitative estimate of drug-likeness (QED) is 0.641. The number of aromatic nitrogens is 3. The van der Waals surface area contributed by atoms with Crippen LogP contribution in [0.1, 0.15) is 17.1 Å². The van der Waals surface area contributed by atoms with Crippen LogP contribution in [0, 0.1) is 20.8 Å². The van der Waals surface area contributed by atoms with Gasteiger partial charge in [0, 0.05) is 5.69 Å². The summed E-state index contributed by atoms with van der Waals surface area (Å²) in [4.78, 5) is 11.8. The molecular formula is C9H11N3. The fourth-order valence-electron chi connectivity index (χ4n) is 1.25. The van der Waals surface area contributed by atoms with Gasteiger partial charge in [-0.25, -0.2) is 9.97 Å². The highest BCUT2D eigenvalue weighted by Gasteiger charge is 2.02. The van der Waals surface area contributed by atoms with Gasteiger partial charge in [-0.15, -0.1) is 0 Å². The van der Waals surface area contributed by atoms with E-state index < -0.39 is 0 Å². The van der Waals surface area contributed by atoms with Gasteiger partial charge in [-0.3, -0.25) is 0 Å². The summed E-state index contributed by atoms with van der Waals surface area (Å²) in [5.41, 5.74) is 4.09. The zero-order chi connectivity index (χ0) is 8.72. The Kier molecular flexibility index (Phi) is 1.40. The highest BCUT2D eigenvalue weighted by molar-refractivity contribution is 5.71. The highest BCUT2D eigenvalue weighted by Crippen LogP contribution is 2.12. The van der Waals surface area contributed by atoms with E-state index in [2.05, 4.69) is 27.9 Å². The molecule has 2 aromatic rings. The first-order valence-corrected chi connectivity index (χ1v) is 3.97. The van der Waals surface area contributed by atoms with E-state index in [1.165, 1.54) is 5.56 Å². The van der Waals surface area contributed by atoms with Gasteiger partial charge >= 0.3 is 0 Å². The number of aromatic amines is 1. The Morgan fingerprint density at radius 1 is 1.17 bits per heavy atom. The van der Waals surface area contributed by atoms with Gasteiger partial charge in [-0.05, 0) is 32.4 Å². The van der Waals surface area contributed by atoms with Crippen molar-refractivity contribution >= 4 is 11.2 Å². The van der Waals surface area contributed by atoms with E-state index in [-0.39, 0.29) is 0 Å². The monoisotopic (exact) mass is 161 g/mol. The lowest BCUT2D eigenvalue weighted by Crippen LogP contribution is -1.86. The van der Waals surface area contributed by atoms with Gasteiger partial charge in [-0.2, -0.15) is 0 Å². The summed E-state index contributed by atoms with van der Waals surface area (Å²) in [6, 6.07) is 2.08. The van der Waals surface area contributed by atoms with Crippen molar-refractivity contribution in [2.24, 2.45) is 0 Å². The van der Waals surface area contributed by atoms with E-state index in [4.69, 9.17) is 0 Å². The molecule has 0 atom stereocenters. The number of hydrogen-bond acceptors (Lipinski definition) is 2. The zero-order valence-corrected chi connectivity index (χ0v) is 7.47. The molecule has 0 unspecified atom stereocenters. The summed E-state index contributed by atoms with van der Waals surface area (Å²) in [5.74, 6) is 0.919. The van der Waals surface area contributed by atoms with E-state index in [1.807, 2.05) is 13.8 Å². The molecule has 0 spiro atoms. The van der Waals surface area contributed by atoms with Gasteiger partial charge < -0.3 is 4.98 Å². The van der Waals surface area contributed by atoms with Crippen molar-refractivity contribution in [1.29, 1.82) is 0 Å². The van der Waals surface area contributed by atoms with Crippen molar-refractivity contribution < 1.29 is 0 Å².